The number of likely N-dealkylation sites (N-methyl/N-ethyl adjacent to an activating group) is 1. The lowest BCUT2D eigenvalue weighted by Gasteiger charge is -2.22. The van der Waals surface area contributed by atoms with Crippen LogP contribution in [0.3, 0.4) is 0 Å². The van der Waals surface area contributed by atoms with Gasteiger partial charge in [-0.05, 0) is 85.7 Å². The van der Waals surface area contributed by atoms with Gasteiger partial charge in [-0.2, -0.15) is 8.90 Å². The Morgan fingerprint density at radius 1 is 0.960 bits per heavy atom. The van der Waals surface area contributed by atoms with E-state index in [9.17, 15) is 10.1 Å². The van der Waals surface area contributed by atoms with Crippen LogP contribution in [0.2, 0.25) is 0 Å². The average Bonchev–Trinajstić information content (AvgIpc) is 3.84. The fourth-order valence-corrected chi connectivity index (χ4v) is 9.12. The molecule has 0 N–H and O–H groups in total. The second-order valence-corrected chi connectivity index (χ2v) is 15.2. The number of amides is 1. The highest BCUT2D eigenvalue weighted by atomic mass is 32.2. The Labute approximate surface area is 307 Å². The molecule has 260 valence electrons. The van der Waals surface area contributed by atoms with Gasteiger partial charge in [0.05, 0.1) is 16.4 Å². The van der Waals surface area contributed by atoms with Gasteiger partial charge in [0.2, 0.25) is 5.52 Å². The molecule has 0 atom stereocenters. The lowest BCUT2D eigenvalue weighted by molar-refractivity contribution is -0.777. The van der Waals surface area contributed by atoms with Gasteiger partial charge in [-0.3, -0.25) is 9.83 Å². The summed E-state index contributed by atoms with van der Waals surface area (Å²) in [4.78, 5) is 19.3. The van der Waals surface area contributed by atoms with E-state index in [1.54, 1.807) is 11.8 Å². The van der Waals surface area contributed by atoms with Crippen LogP contribution >= 0.6 is 35.1 Å². The van der Waals surface area contributed by atoms with E-state index in [2.05, 4.69) is 98.6 Å². The van der Waals surface area contributed by atoms with Crippen LogP contribution in [0.4, 0.5) is 5.69 Å². The fourth-order valence-electron chi connectivity index (χ4n) is 6.51. The maximum absolute atomic E-state index is 13.9. The average molecular weight is 726 g/mol. The van der Waals surface area contributed by atoms with Crippen LogP contribution in [-0.2, 0) is 15.9 Å². The maximum Gasteiger partial charge on any atom is 0.262 e. The summed E-state index contributed by atoms with van der Waals surface area (Å²) >= 11 is 4.63. The van der Waals surface area contributed by atoms with Crippen molar-refractivity contribution in [3.8, 4) is 0 Å². The van der Waals surface area contributed by atoms with Gasteiger partial charge in [0.1, 0.15) is 4.70 Å². The third kappa shape index (κ3) is 8.62. The molecule has 0 saturated heterocycles. The summed E-state index contributed by atoms with van der Waals surface area (Å²) in [5.41, 5.74) is 6.45. The molecule has 0 fully saturated rings. The summed E-state index contributed by atoms with van der Waals surface area (Å²) in [5, 5.41) is 16.0. The standard InChI is InChI=1S/C40H43N3O4S3/c1-3-4-12-27-42-33-17-8-10-19-35(33)49-37(42)25-23-30-21-22-31(39(30)41(2)40(44)32-15-6-5-7-16-32)24-26-38-43(28-13-14-29-48-47-46-45)34-18-9-11-20-36(34)50-38/h5-11,15-20,23-26H,3-4,12-14,21-22,27-29H2,1-2H3. The molecule has 7 nitrogen and oxygen atoms in total. The van der Waals surface area contributed by atoms with Crippen molar-refractivity contribution < 1.29 is 24.0 Å². The number of hydrogen-bond acceptors (Lipinski definition) is 8. The molecule has 4 aromatic rings. The van der Waals surface area contributed by atoms with Crippen molar-refractivity contribution in [1.82, 2.24) is 4.90 Å². The Morgan fingerprint density at radius 3 is 2.60 bits per heavy atom. The Hall–Kier alpha value is -3.64. The number of hydrogen-bond donors (Lipinski definition) is 0. The van der Waals surface area contributed by atoms with Crippen LogP contribution in [0.15, 0.2) is 124 Å². The third-order valence-electron chi connectivity index (χ3n) is 8.98. The number of aromatic nitrogens is 1. The second kappa shape index (κ2) is 18.0. The smallest absolute Gasteiger partial charge is 0.262 e. The number of rotatable bonds is 16. The lowest BCUT2D eigenvalue weighted by atomic mass is 10.1. The van der Waals surface area contributed by atoms with E-state index in [0.29, 0.717) is 11.3 Å². The molecular weight excluding hydrogens is 683 g/mol. The first-order valence-electron chi connectivity index (χ1n) is 17.3. The van der Waals surface area contributed by atoms with Gasteiger partial charge in [-0.1, -0.05) is 85.0 Å². The SMILES string of the molecule is CCCCC[n+]1c(/C=C/C2=C(N(C)C(=O)c3ccccc3)C(=C/C=C3\Sc4ccccc4N3CCCCSOO[O-])/CC2)sc2ccccc21. The van der Waals surface area contributed by atoms with Gasteiger partial charge in [-0.25, -0.2) is 0 Å². The molecule has 50 heavy (non-hydrogen) atoms. The summed E-state index contributed by atoms with van der Waals surface area (Å²) < 4.78 is 8.17. The highest BCUT2D eigenvalue weighted by Crippen LogP contribution is 2.46. The minimum absolute atomic E-state index is 0.0167. The number of aryl methyl sites for hydroxylation is 1. The zero-order valence-corrected chi connectivity index (χ0v) is 31.0. The molecule has 1 amide bonds. The van der Waals surface area contributed by atoms with Crippen molar-refractivity contribution in [1.29, 1.82) is 0 Å². The quantitative estimate of drug-likeness (QED) is 0.0375. The van der Waals surface area contributed by atoms with Gasteiger partial charge in [0.25, 0.3) is 10.9 Å². The van der Waals surface area contributed by atoms with Gasteiger partial charge >= 0.3 is 0 Å². The van der Waals surface area contributed by atoms with Gasteiger partial charge in [0.15, 0.2) is 6.54 Å². The highest BCUT2D eigenvalue weighted by Gasteiger charge is 2.28. The summed E-state index contributed by atoms with van der Waals surface area (Å²) in [6, 6.07) is 26.7. The van der Waals surface area contributed by atoms with Crippen molar-refractivity contribution in [3.05, 3.63) is 130 Å². The van der Waals surface area contributed by atoms with E-state index < -0.39 is 0 Å². The largest absolute Gasteiger partial charge is 0.691 e. The molecule has 0 radical (unpaired) electrons. The van der Waals surface area contributed by atoms with Crippen molar-refractivity contribution in [3.63, 3.8) is 0 Å². The summed E-state index contributed by atoms with van der Waals surface area (Å²) in [6.45, 7) is 4.08. The summed E-state index contributed by atoms with van der Waals surface area (Å²) in [6.07, 6.45) is 16.0. The number of allylic oxidation sites excluding steroid dienone is 5. The zero-order valence-electron chi connectivity index (χ0n) is 28.6. The molecule has 2 aliphatic rings. The molecule has 0 unspecified atom stereocenters. The van der Waals surface area contributed by atoms with Crippen LogP contribution < -0.4 is 14.7 Å². The molecule has 0 spiro atoms. The zero-order chi connectivity index (χ0) is 34.7. The first-order chi connectivity index (χ1) is 24.6. The molecule has 1 aliphatic carbocycles. The number of thiazole rings is 1. The van der Waals surface area contributed by atoms with Crippen LogP contribution in [0.1, 0.15) is 67.2 Å². The first-order valence-corrected chi connectivity index (χ1v) is 19.8. The topological polar surface area (TPSA) is 69.0 Å². The number of carbonyl (C=O) groups is 1. The van der Waals surface area contributed by atoms with Crippen LogP contribution in [-0.4, -0.2) is 30.2 Å². The number of unbranched alkanes of at least 4 members (excludes halogenated alkanes) is 3. The second-order valence-electron chi connectivity index (χ2n) is 12.3. The highest BCUT2D eigenvalue weighted by molar-refractivity contribution is 8.03. The normalized spacial score (nSPS) is 16.1. The molecule has 1 aromatic heterocycles. The molecule has 6 rings (SSSR count). The number of benzene rings is 3. The molecule has 1 aliphatic heterocycles. The molecule has 2 heterocycles. The Balaban J connectivity index is 1.32. The van der Waals surface area contributed by atoms with Crippen LogP contribution in [0, 0.1) is 0 Å². The molecular formula is C40H43N3O4S3. The van der Waals surface area contributed by atoms with Crippen molar-refractivity contribution in [2.75, 3.05) is 24.2 Å². The molecule has 3 aromatic carbocycles. The van der Waals surface area contributed by atoms with Gasteiger partial charge < -0.3 is 15.1 Å². The van der Waals surface area contributed by atoms with E-state index in [1.807, 2.05) is 53.6 Å². The van der Waals surface area contributed by atoms with Crippen LogP contribution in [0.5, 0.6) is 0 Å². The number of para-hydroxylation sites is 2. The molecule has 0 saturated carbocycles. The lowest BCUT2D eigenvalue weighted by Crippen LogP contribution is -2.35. The number of fused-ring (bicyclic) bond motifs is 2. The van der Waals surface area contributed by atoms with Crippen molar-refractivity contribution in [2.24, 2.45) is 0 Å². The van der Waals surface area contributed by atoms with E-state index in [-0.39, 0.29) is 5.91 Å². The Morgan fingerprint density at radius 2 is 1.76 bits per heavy atom. The maximum atomic E-state index is 13.9. The minimum atomic E-state index is -0.0167. The number of nitrogens with zero attached hydrogens (tertiary/aromatic N) is 3. The Kier molecular flexibility index (Phi) is 13.0. The molecule has 10 heteroatoms. The van der Waals surface area contributed by atoms with Gasteiger partial charge in [-0.15, -0.1) is 0 Å². The predicted molar refractivity (Wildman–Crippen MR) is 205 cm³/mol. The number of anilines is 1. The van der Waals surface area contributed by atoms with E-state index in [0.717, 1.165) is 73.5 Å². The molecule has 0 bridgehead atoms. The number of thioether (sulfide) groups is 1. The predicted octanol–water partition coefficient (Wildman–Crippen LogP) is 9.24. The first kappa shape index (κ1) is 36.2. The fraction of sp³-hybridized carbons (Fsp3) is 0.300. The summed E-state index contributed by atoms with van der Waals surface area (Å²) in [5.74, 6) is 0.664. The van der Waals surface area contributed by atoms with Gasteiger partial charge in [0, 0.05) is 60.4 Å². The van der Waals surface area contributed by atoms with E-state index >= 15 is 0 Å². The van der Waals surface area contributed by atoms with Crippen LogP contribution in [0.25, 0.3) is 16.3 Å². The minimum Gasteiger partial charge on any atom is -0.691 e. The van der Waals surface area contributed by atoms with Crippen molar-refractivity contribution >= 4 is 63.0 Å². The summed E-state index contributed by atoms with van der Waals surface area (Å²) in [7, 11) is 1.90. The van der Waals surface area contributed by atoms with E-state index in [4.69, 9.17) is 0 Å². The number of carbonyl (C=O) groups excluding carboxylic acids is 1. The third-order valence-corrected chi connectivity index (χ3v) is 11.8. The van der Waals surface area contributed by atoms with E-state index in [1.165, 1.54) is 44.2 Å². The Bertz CT molecular complexity index is 1900. The van der Waals surface area contributed by atoms with Crippen molar-refractivity contribution in [2.45, 2.75) is 63.3 Å². The monoisotopic (exact) mass is 725 g/mol.